The van der Waals surface area contributed by atoms with Crippen LogP contribution in [0.1, 0.15) is 58.4 Å². The molecule has 0 aromatic heterocycles. The van der Waals surface area contributed by atoms with Gasteiger partial charge in [0.25, 0.3) is 0 Å². The SMILES string of the molecule is CCC(C)(C)C1CCC(N)(Cc2ccc(Br)cc2Cl)CC1. The number of hydrogen-bond donors (Lipinski definition) is 1. The van der Waals surface area contributed by atoms with Crippen molar-refractivity contribution in [3.8, 4) is 0 Å². The van der Waals surface area contributed by atoms with Gasteiger partial charge in [0, 0.05) is 15.0 Å². The second kappa shape index (κ2) is 6.60. The summed E-state index contributed by atoms with van der Waals surface area (Å²) in [5, 5.41) is 0.824. The molecule has 2 N–H and O–H groups in total. The Kier molecular flexibility index (Phi) is 5.44. The molecule has 0 radical (unpaired) electrons. The highest BCUT2D eigenvalue weighted by Crippen LogP contribution is 2.43. The van der Waals surface area contributed by atoms with Gasteiger partial charge < -0.3 is 5.73 Å². The molecule has 0 bridgehead atoms. The Balaban J connectivity index is 2.02. The topological polar surface area (TPSA) is 26.0 Å². The predicted molar refractivity (Wildman–Crippen MR) is 95.8 cm³/mol. The number of benzene rings is 1. The first-order chi connectivity index (χ1) is 9.76. The third kappa shape index (κ3) is 4.24. The molecule has 0 aliphatic heterocycles. The minimum atomic E-state index is -0.0855. The van der Waals surface area contributed by atoms with E-state index in [1.165, 1.54) is 24.8 Å². The maximum atomic E-state index is 6.67. The highest BCUT2D eigenvalue weighted by atomic mass is 79.9. The summed E-state index contributed by atoms with van der Waals surface area (Å²) in [5.41, 5.74) is 8.21. The van der Waals surface area contributed by atoms with E-state index in [2.05, 4.69) is 48.8 Å². The lowest BCUT2D eigenvalue weighted by Crippen LogP contribution is -2.47. The summed E-state index contributed by atoms with van der Waals surface area (Å²) >= 11 is 9.81. The second-order valence-corrected chi connectivity index (χ2v) is 8.71. The van der Waals surface area contributed by atoms with Gasteiger partial charge in [0.2, 0.25) is 0 Å². The molecular weight excluding hydrogens is 346 g/mol. The van der Waals surface area contributed by atoms with Gasteiger partial charge in [-0.25, -0.2) is 0 Å². The van der Waals surface area contributed by atoms with Gasteiger partial charge in [-0.2, -0.15) is 0 Å². The molecular formula is C18H27BrClN. The number of hydrogen-bond acceptors (Lipinski definition) is 1. The Labute approximate surface area is 142 Å². The molecule has 21 heavy (non-hydrogen) atoms. The zero-order valence-corrected chi connectivity index (χ0v) is 15.7. The summed E-state index contributed by atoms with van der Waals surface area (Å²) in [5.74, 6) is 0.805. The Hall–Kier alpha value is -0.0500. The van der Waals surface area contributed by atoms with Crippen LogP contribution >= 0.6 is 27.5 Å². The molecule has 2 rings (SSSR count). The summed E-state index contributed by atoms with van der Waals surface area (Å²) < 4.78 is 1.02. The van der Waals surface area contributed by atoms with Crippen LogP contribution in [-0.2, 0) is 6.42 Å². The molecule has 1 fully saturated rings. The number of nitrogens with two attached hydrogens (primary N) is 1. The van der Waals surface area contributed by atoms with E-state index >= 15 is 0 Å². The lowest BCUT2D eigenvalue weighted by molar-refractivity contribution is 0.115. The molecule has 0 atom stereocenters. The minimum Gasteiger partial charge on any atom is -0.325 e. The summed E-state index contributed by atoms with van der Waals surface area (Å²) in [6, 6.07) is 6.12. The molecule has 0 unspecified atom stereocenters. The quantitative estimate of drug-likeness (QED) is 0.692. The average Bonchev–Trinajstić information content (AvgIpc) is 2.42. The lowest BCUT2D eigenvalue weighted by Gasteiger charge is -2.43. The van der Waals surface area contributed by atoms with Crippen LogP contribution in [0.15, 0.2) is 22.7 Å². The van der Waals surface area contributed by atoms with Gasteiger partial charge in [0.15, 0.2) is 0 Å². The molecule has 0 heterocycles. The van der Waals surface area contributed by atoms with Crippen LogP contribution in [0.3, 0.4) is 0 Å². The van der Waals surface area contributed by atoms with Gasteiger partial charge in [0.1, 0.15) is 0 Å². The van der Waals surface area contributed by atoms with Crippen LogP contribution in [-0.4, -0.2) is 5.54 Å². The maximum Gasteiger partial charge on any atom is 0.0449 e. The summed E-state index contributed by atoms with van der Waals surface area (Å²) in [4.78, 5) is 0. The van der Waals surface area contributed by atoms with Crippen molar-refractivity contribution in [1.82, 2.24) is 0 Å². The number of halogens is 2. The molecule has 0 spiro atoms. The largest absolute Gasteiger partial charge is 0.325 e. The fourth-order valence-corrected chi connectivity index (χ4v) is 4.22. The van der Waals surface area contributed by atoms with Crippen molar-refractivity contribution in [2.24, 2.45) is 17.1 Å². The minimum absolute atomic E-state index is 0.0855. The zero-order chi connectivity index (χ0) is 15.7. The molecule has 1 aromatic rings. The van der Waals surface area contributed by atoms with Crippen molar-refractivity contribution >= 4 is 27.5 Å². The molecule has 1 nitrogen and oxygen atoms in total. The van der Waals surface area contributed by atoms with Crippen molar-refractivity contribution in [3.63, 3.8) is 0 Å². The van der Waals surface area contributed by atoms with Gasteiger partial charge in [-0.1, -0.05) is 60.8 Å². The summed E-state index contributed by atoms with van der Waals surface area (Å²) in [6.45, 7) is 7.09. The Morgan fingerprint density at radius 1 is 1.33 bits per heavy atom. The highest BCUT2D eigenvalue weighted by molar-refractivity contribution is 9.10. The standard InChI is InChI=1S/C18H27BrClN/c1-4-17(2,3)14-7-9-18(21,10-8-14)12-13-5-6-15(19)11-16(13)20/h5-6,11,14H,4,7-10,12,21H2,1-3H3. The predicted octanol–water partition coefficient (Wildman–Crippen LogP) is 5.97. The van der Waals surface area contributed by atoms with Crippen LogP contribution in [0, 0.1) is 11.3 Å². The smallest absolute Gasteiger partial charge is 0.0449 e. The van der Waals surface area contributed by atoms with Crippen LogP contribution in [0.2, 0.25) is 5.02 Å². The van der Waals surface area contributed by atoms with E-state index in [-0.39, 0.29) is 5.54 Å². The average molecular weight is 373 g/mol. The fraction of sp³-hybridized carbons (Fsp3) is 0.667. The van der Waals surface area contributed by atoms with Gasteiger partial charge in [0.05, 0.1) is 0 Å². The lowest BCUT2D eigenvalue weighted by atomic mass is 9.65. The third-order valence-corrected chi connectivity index (χ3v) is 6.40. The van der Waals surface area contributed by atoms with E-state index in [9.17, 15) is 0 Å². The molecule has 1 aromatic carbocycles. The fourth-order valence-electron chi connectivity index (χ4n) is 3.48. The maximum absolute atomic E-state index is 6.67. The van der Waals surface area contributed by atoms with Crippen molar-refractivity contribution < 1.29 is 0 Å². The molecule has 0 amide bonds. The van der Waals surface area contributed by atoms with Crippen molar-refractivity contribution in [3.05, 3.63) is 33.3 Å². The third-order valence-electron chi connectivity index (χ3n) is 5.56. The van der Waals surface area contributed by atoms with E-state index in [1.54, 1.807) is 0 Å². The molecule has 1 aliphatic rings. The first kappa shape index (κ1) is 17.3. The monoisotopic (exact) mass is 371 g/mol. The summed E-state index contributed by atoms with van der Waals surface area (Å²) in [6.07, 6.45) is 6.82. The molecule has 1 aliphatic carbocycles. The van der Waals surface area contributed by atoms with E-state index in [4.69, 9.17) is 17.3 Å². The Morgan fingerprint density at radius 3 is 2.48 bits per heavy atom. The Morgan fingerprint density at radius 2 is 1.95 bits per heavy atom. The number of rotatable bonds is 4. The first-order valence-electron chi connectivity index (χ1n) is 7.98. The van der Waals surface area contributed by atoms with Gasteiger partial charge in [-0.05, 0) is 61.1 Å². The molecule has 0 saturated heterocycles. The van der Waals surface area contributed by atoms with E-state index < -0.39 is 0 Å². The van der Waals surface area contributed by atoms with Gasteiger partial charge >= 0.3 is 0 Å². The van der Waals surface area contributed by atoms with E-state index in [0.717, 1.165) is 34.7 Å². The van der Waals surface area contributed by atoms with Gasteiger partial charge in [-0.3, -0.25) is 0 Å². The van der Waals surface area contributed by atoms with Crippen LogP contribution in [0.4, 0.5) is 0 Å². The second-order valence-electron chi connectivity index (χ2n) is 7.39. The molecule has 118 valence electrons. The van der Waals surface area contributed by atoms with Gasteiger partial charge in [-0.15, -0.1) is 0 Å². The van der Waals surface area contributed by atoms with Crippen molar-refractivity contribution in [2.75, 3.05) is 0 Å². The van der Waals surface area contributed by atoms with Crippen LogP contribution in [0.25, 0.3) is 0 Å². The molecule has 3 heteroatoms. The van der Waals surface area contributed by atoms with E-state index in [0.29, 0.717) is 5.41 Å². The normalized spacial score (nSPS) is 26.9. The summed E-state index contributed by atoms with van der Waals surface area (Å²) in [7, 11) is 0. The van der Waals surface area contributed by atoms with E-state index in [1.807, 2.05) is 6.07 Å². The Bertz CT molecular complexity index is 490. The molecule has 1 saturated carbocycles. The van der Waals surface area contributed by atoms with Crippen LogP contribution < -0.4 is 5.73 Å². The first-order valence-corrected chi connectivity index (χ1v) is 9.16. The highest BCUT2D eigenvalue weighted by Gasteiger charge is 2.37. The van der Waals surface area contributed by atoms with Crippen molar-refractivity contribution in [2.45, 2.75) is 64.8 Å². The zero-order valence-electron chi connectivity index (χ0n) is 13.4. The van der Waals surface area contributed by atoms with Crippen molar-refractivity contribution in [1.29, 1.82) is 0 Å². The van der Waals surface area contributed by atoms with Crippen LogP contribution in [0.5, 0.6) is 0 Å².